The molecule has 6 nitrogen and oxygen atoms in total. The summed E-state index contributed by atoms with van der Waals surface area (Å²) >= 11 is 3.41. The van der Waals surface area contributed by atoms with Crippen LogP contribution in [-0.4, -0.2) is 18.6 Å². The second kappa shape index (κ2) is 5.90. The summed E-state index contributed by atoms with van der Waals surface area (Å²) in [5.41, 5.74) is 1.42. The van der Waals surface area contributed by atoms with Gasteiger partial charge in [-0.1, -0.05) is 57.5 Å². The van der Waals surface area contributed by atoms with E-state index in [0.29, 0.717) is 16.4 Å². The van der Waals surface area contributed by atoms with Gasteiger partial charge in [0.1, 0.15) is 6.54 Å². The molecule has 1 aromatic heterocycles. The van der Waals surface area contributed by atoms with Crippen LogP contribution in [-0.2, 0) is 16.6 Å². The lowest BCUT2D eigenvalue weighted by atomic mass is 10.1. The fourth-order valence-corrected chi connectivity index (χ4v) is 5.37. The SMILES string of the molecule is O=S1(=O)c2cccc3cccc(c23)N1Cc1nc(-c2cccc(Br)c2)no1. The fraction of sp³-hybridized carbons (Fsp3) is 0.0526. The van der Waals surface area contributed by atoms with Gasteiger partial charge in [-0.25, -0.2) is 8.42 Å². The van der Waals surface area contributed by atoms with Crippen LogP contribution in [0.1, 0.15) is 5.89 Å². The number of aromatic nitrogens is 2. The molecule has 1 aliphatic heterocycles. The summed E-state index contributed by atoms with van der Waals surface area (Å²) in [6, 6.07) is 18.3. The molecule has 1 aliphatic rings. The van der Waals surface area contributed by atoms with E-state index in [0.717, 1.165) is 20.8 Å². The number of benzene rings is 3. The van der Waals surface area contributed by atoms with Crippen LogP contribution in [0.4, 0.5) is 5.69 Å². The zero-order chi connectivity index (χ0) is 18.6. The molecule has 8 heteroatoms. The van der Waals surface area contributed by atoms with Crippen molar-refractivity contribution in [3.8, 4) is 11.4 Å². The van der Waals surface area contributed by atoms with Gasteiger partial charge in [0.25, 0.3) is 10.0 Å². The van der Waals surface area contributed by atoms with Gasteiger partial charge in [0.2, 0.25) is 11.7 Å². The van der Waals surface area contributed by atoms with Crippen LogP contribution in [0.2, 0.25) is 0 Å². The second-order valence-electron chi connectivity index (χ2n) is 6.17. The largest absolute Gasteiger partial charge is 0.337 e. The lowest BCUT2D eigenvalue weighted by Crippen LogP contribution is -2.26. The molecule has 0 amide bonds. The Bertz CT molecular complexity index is 1300. The van der Waals surface area contributed by atoms with Gasteiger partial charge in [-0.2, -0.15) is 4.98 Å². The first kappa shape index (κ1) is 16.5. The summed E-state index contributed by atoms with van der Waals surface area (Å²) in [5.74, 6) is 0.650. The number of halogens is 1. The third-order valence-electron chi connectivity index (χ3n) is 4.51. The van der Waals surface area contributed by atoms with E-state index in [2.05, 4.69) is 26.1 Å². The van der Waals surface area contributed by atoms with Crippen LogP contribution in [0.25, 0.3) is 22.2 Å². The molecule has 0 N–H and O–H groups in total. The molecule has 0 radical (unpaired) electrons. The molecule has 0 saturated carbocycles. The Balaban J connectivity index is 1.55. The Morgan fingerprint density at radius 2 is 1.81 bits per heavy atom. The molecule has 0 unspecified atom stereocenters. The quantitative estimate of drug-likeness (QED) is 0.471. The van der Waals surface area contributed by atoms with E-state index in [1.54, 1.807) is 18.2 Å². The van der Waals surface area contributed by atoms with Crippen molar-refractivity contribution >= 4 is 42.4 Å². The van der Waals surface area contributed by atoms with Gasteiger partial charge in [0.15, 0.2) is 0 Å². The van der Waals surface area contributed by atoms with Crippen molar-refractivity contribution in [3.05, 3.63) is 71.0 Å². The molecular weight excluding hydrogens is 430 g/mol. The predicted octanol–water partition coefficient (Wildman–Crippen LogP) is 4.36. The minimum atomic E-state index is -3.66. The van der Waals surface area contributed by atoms with Crippen molar-refractivity contribution in [1.82, 2.24) is 10.1 Å². The van der Waals surface area contributed by atoms with E-state index in [1.165, 1.54) is 4.31 Å². The molecule has 5 rings (SSSR count). The summed E-state index contributed by atoms with van der Waals surface area (Å²) in [5, 5.41) is 5.60. The zero-order valence-electron chi connectivity index (χ0n) is 13.8. The molecule has 134 valence electrons. The van der Waals surface area contributed by atoms with Gasteiger partial charge < -0.3 is 4.52 Å². The van der Waals surface area contributed by atoms with E-state index in [-0.39, 0.29) is 12.4 Å². The first-order valence-corrected chi connectivity index (χ1v) is 10.4. The zero-order valence-corrected chi connectivity index (χ0v) is 16.2. The average molecular weight is 442 g/mol. The van der Waals surface area contributed by atoms with E-state index >= 15 is 0 Å². The summed E-state index contributed by atoms with van der Waals surface area (Å²) in [7, 11) is -3.66. The fourth-order valence-electron chi connectivity index (χ4n) is 3.32. The average Bonchev–Trinajstić information content (AvgIpc) is 3.21. The molecule has 2 heterocycles. The highest BCUT2D eigenvalue weighted by atomic mass is 79.9. The molecule has 0 aliphatic carbocycles. The second-order valence-corrected chi connectivity index (χ2v) is 8.91. The van der Waals surface area contributed by atoms with Crippen LogP contribution >= 0.6 is 15.9 Å². The van der Waals surface area contributed by atoms with Gasteiger partial charge in [-0.3, -0.25) is 4.31 Å². The summed E-state index contributed by atoms with van der Waals surface area (Å²) in [4.78, 5) is 4.68. The van der Waals surface area contributed by atoms with E-state index in [4.69, 9.17) is 4.52 Å². The van der Waals surface area contributed by atoms with E-state index < -0.39 is 10.0 Å². The smallest absolute Gasteiger partial charge is 0.265 e. The summed E-state index contributed by atoms with van der Waals surface area (Å²) in [6.45, 7) is -0.0167. The first-order valence-electron chi connectivity index (χ1n) is 8.17. The van der Waals surface area contributed by atoms with Crippen molar-refractivity contribution in [2.45, 2.75) is 11.4 Å². The van der Waals surface area contributed by atoms with Crippen molar-refractivity contribution in [1.29, 1.82) is 0 Å². The Kier molecular flexibility index (Phi) is 3.60. The molecule has 4 aromatic rings. The van der Waals surface area contributed by atoms with Crippen molar-refractivity contribution in [2.24, 2.45) is 0 Å². The highest BCUT2D eigenvalue weighted by molar-refractivity contribution is 9.10. The molecule has 0 saturated heterocycles. The molecule has 27 heavy (non-hydrogen) atoms. The topological polar surface area (TPSA) is 76.3 Å². The minimum absolute atomic E-state index is 0.0167. The normalized spacial score (nSPS) is 14.8. The number of anilines is 1. The van der Waals surface area contributed by atoms with Crippen LogP contribution in [0.3, 0.4) is 0 Å². The standard InChI is InChI=1S/C19H12BrN3O3S/c20-14-7-1-6-13(10-14)19-21-17(26-22-19)11-23-15-8-2-4-12-5-3-9-16(18(12)15)27(23,24)25/h1-10H,11H2. The maximum absolute atomic E-state index is 13.0. The van der Waals surface area contributed by atoms with Gasteiger partial charge >= 0.3 is 0 Å². The van der Waals surface area contributed by atoms with Crippen LogP contribution in [0.5, 0.6) is 0 Å². The number of rotatable bonds is 3. The highest BCUT2D eigenvalue weighted by Crippen LogP contribution is 2.42. The van der Waals surface area contributed by atoms with Crippen LogP contribution < -0.4 is 4.31 Å². The maximum atomic E-state index is 13.0. The maximum Gasteiger partial charge on any atom is 0.265 e. The molecular formula is C19H12BrN3O3S. The summed E-state index contributed by atoms with van der Waals surface area (Å²) in [6.07, 6.45) is 0. The number of sulfonamides is 1. The van der Waals surface area contributed by atoms with Crippen molar-refractivity contribution in [3.63, 3.8) is 0 Å². The Labute approximate surface area is 163 Å². The van der Waals surface area contributed by atoms with Gasteiger partial charge in [0, 0.05) is 15.4 Å². The van der Waals surface area contributed by atoms with Crippen molar-refractivity contribution < 1.29 is 12.9 Å². The first-order chi connectivity index (χ1) is 13.0. The van der Waals surface area contributed by atoms with Gasteiger partial charge in [-0.15, -0.1) is 0 Å². The third-order valence-corrected chi connectivity index (χ3v) is 6.81. The number of hydrogen-bond donors (Lipinski definition) is 0. The Morgan fingerprint density at radius 3 is 2.63 bits per heavy atom. The third kappa shape index (κ3) is 2.55. The van der Waals surface area contributed by atoms with Crippen LogP contribution in [0, 0.1) is 0 Å². The lowest BCUT2D eigenvalue weighted by Gasteiger charge is -2.16. The predicted molar refractivity (Wildman–Crippen MR) is 105 cm³/mol. The van der Waals surface area contributed by atoms with Gasteiger partial charge in [-0.05, 0) is 29.7 Å². The number of hydrogen-bond acceptors (Lipinski definition) is 5. The van der Waals surface area contributed by atoms with E-state index in [1.807, 2.05) is 42.5 Å². The lowest BCUT2D eigenvalue weighted by molar-refractivity contribution is 0.380. The van der Waals surface area contributed by atoms with Crippen molar-refractivity contribution in [2.75, 3.05) is 4.31 Å². The molecule has 0 spiro atoms. The molecule has 0 fully saturated rings. The van der Waals surface area contributed by atoms with Crippen LogP contribution in [0.15, 0.2) is 74.6 Å². The Morgan fingerprint density at radius 1 is 1.04 bits per heavy atom. The van der Waals surface area contributed by atoms with E-state index in [9.17, 15) is 8.42 Å². The number of nitrogens with zero attached hydrogens (tertiary/aromatic N) is 3. The molecule has 0 bridgehead atoms. The monoisotopic (exact) mass is 441 g/mol. The highest BCUT2D eigenvalue weighted by Gasteiger charge is 2.36. The Hall–Kier alpha value is -2.71. The molecule has 3 aromatic carbocycles. The minimum Gasteiger partial charge on any atom is -0.337 e. The summed E-state index contributed by atoms with van der Waals surface area (Å²) < 4.78 is 33.6. The molecule has 0 atom stereocenters. The van der Waals surface area contributed by atoms with Gasteiger partial charge in [0.05, 0.1) is 10.6 Å².